The van der Waals surface area contributed by atoms with E-state index in [0.29, 0.717) is 0 Å². The van der Waals surface area contributed by atoms with Gasteiger partial charge in [0.05, 0.1) is 0 Å². The summed E-state index contributed by atoms with van der Waals surface area (Å²) in [6.45, 7) is 0. The van der Waals surface area contributed by atoms with Crippen LogP contribution in [0.3, 0.4) is 0 Å². The van der Waals surface area contributed by atoms with Gasteiger partial charge in [-0.05, 0) is 36.4 Å². The monoisotopic (exact) mass is 236 g/mol. The molecule has 4 heteroatoms. The van der Waals surface area contributed by atoms with Crippen LogP contribution in [0.5, 0.6) is 0 Å². The van der Waals surface area contributed by atoms with E-state index in [1.165, 1.54) is 0 Å². The van der Waals surface area contributed by atoms with Crippen molar-refractivity contribution in [1.29, 1.82) is 0 Å². The van der Waals surface area contributed by atoms with Crippen LogP contribution in [0.15, 0.2) is 52.5 Å². The van der Waals surface area contributed by atoms with Crippen LogP contribution >= 0.6 is 23.4 Å². The predicted octanol–water partition coefficient (Wildman–Crippen LogP) is 3.47. The molecule has 2 N–H and O–H groups in total. The van der Waals surface area contributed by atoms with E-state index < -0.39 is 0 Å². The quantitative estimate of drug-likeness (QED) is 0.868. The second-order valence-electron chi connectivity index (χ2n) is 2.98. The molecule has 0 fully saturated rings. The molecule has 0 aliphatic rings. The molecule has 0 bridgehead atoms. The molecule has 0 saturated carbocycles. The summed E-state index contributed by atoms with van der Waals surface area (Å²) in [7, 11) is 0. The molecule has 2 nitrogen and oxygen atoms in total. The lowest BCUT2D eigenvalue weighted by Crippen LogP contribution is -1.86. The van der Waals surface area contributed by atoms with Gasteiger partial charge in [-0.25, -0.2) is 4.98 Å². The van der Waals surface area contributed by atoms with Crippen molar-refractivity contribution in [1.82, 2.24) is 4.98 Å². The van der Waals surface area contributed by atoms with Crippen LogP contribution in [0.4, 0.5) is 5.69 Å². The van der Waals surface area contributed by atoms with Gasteiger partial charge in [0.1, 0.15) is 5.03 Å². The Morgan fingerprint density at radius 3 is 2.53 bits per heavy atom. The number of benzene rings is 1. The van der Waals surface area contributed by atoms with Gasteiger partial charge in [-0.3, -0.25) is 0 Å². The van der Waals surface area contributed by atoms with Crippen LogP contribution in [-0.4, -0.2) is 4.98 Å². The summed E-state index contributed by atoms with van der Waals surface area (Å²) in [5, 5.41) is 1.62. The van der Waals surface area contributed by atoms with Gasteiger partial charge < -0.3 is 5.73 Å². The lowest BCUT2D eigenvalue weighted by atomic mass is 10.4. The smallest absolute Gasteiger partial charge is 0.103 e. The molecule has 0 amide bonds. The first-order chi connectivity index (χ1) is 7.24. The maximum atomic E-state index is 5.79. The minimum Gasteiger partial charge on any atom is -0.399 e. The molecule has 0 aliphatic carbocycles. The molecule has 0 saturated heterocycles. The van der Waals surface area contributed by atoms with Crippen molar-refractivity contribution in [3.05, 3.63) is 47.6 Å². The van der Waals surface area contributed by atoms with E-state index in [4.69, 9.17) is 17.3 Å². The van der Waals surface area contributed by atoms with E-state index >= 15 is 0 Å². The fourth-order valence-corrected chi connectivity index (χ4v) is 2.05. The van der Waals surface area contributed by atoms with Gasteiger partial charge in [0.2, 0.25) is 0 Å². The molecule has 2 rings (SSSR count). The van der Waals surface area contributed by atoms with Crippen molar-refractivity contribution in [2.45, 2.75) is 9.92 Å². The molecule has 15 heavy (non-hydrogen) atoms. The average molecular weight is 237 g/mol. The molecule has 0 unspecified atom stereocenters. The summed E-state index contributed by atoms with van der Waals surface area (Å²) in [5.41, 5.74) is 6.39. The second kappa shape index (κ2) is 4.55. The van der Waals surface area contributed by atoms with Crippen LogP contribution < -0.4 is 5.73 Å². The molecule has 0 atom stereocenters. The van der Waals surface area contributed by atoms with E-state index in [2.05, 4.69) is 4.98 Å². The van der Waals surface area contributed by atoms with Crippen LogP contribution in [0.1, 0.15) is 0 Å². The first-order valence-electron chi connectivity index (χ1n) is 4.39. The van der Waals surface area contributed by atoms with Crippen molar-refractivity contribution in [3.63, 3.8) is 0 Å². The summed E-state index contributed by atoms with van der Waals surface area (Å²) >= 11 is 7.36. The Kier molecular flexibility index (Phi) is 3.14. The summed E-state index contributed by atoms with van der Waals surface area (Å²) in [6, 6.07) is 11.2. The summed E-state index contributed by atoms with van der Waals surface area (Å²) in [4.78, 5) is 5.30. The molecular weight excluding hydrogens is 228 g/mol. The Morgan fingerprint density at radius 2 is 1.87 bits per heavy atom. The minimum absolute atomic E-state index is 0.724. The third kappa shape index (κ3) is 2.88. The van der Waals surface area contributed by atoms with Crippen molar-refractivity contribution >= 4 is 29.1 Å². The highest BCUT2D eigenvalue weighted by molar-refractivity contribution is 7.99. The first kappa shape index (κ1) is 10.3. The lowest BCUT2D eigenvalue weighted by Gasteiger charge is -2.01. The Balaban J connectivity index is 2.18. The number of aromatic nitrogens is 1. The number of anilines is 1. The number of nitrogens with zero attached hydrogens (tertiary/aromatic N) is 1. The van der Waals surface area contributed by atoms with Gasteiger partial charge in [0, 0.05) is 21.8 Å². The number of hydrogen-bond acceptors (Lipinski definition) is 3. The molecule has 0 radical (unpaired) electrons. The molecule has 2 aromatic rings. The molecule has 76 valence electrons. The number of nitrogens with two attached hydrogens (primary N) is 1. The summed E-state index contributed by atoms with van der Waals surface area (Å²) < 4.78 is 0. The normalized spacial score (nSPS) is 10.2. The van der Waals surface area contributed by atoms with Gasteiger partial charge in [0.15, 0.2) is 0 Å². The number of pyridine rings is 1. The third-order valence-corrected chi connectivity index (χ3v) is 2.99. The van der Waals surface area contributed by atoms with E-state index in [0.717, 1.165) is 20.6 Å². The van der Waals surface area contributed by atoms with Crippen molar-refractivity contribution in [2.24, 2.45) is 0 Å². The predicted molar refractivity (Wildman–Crippen MR) is 64.2 cm³/mol. The zero-order chi connectivity index (χ0) is 10.7. The number of nitrogen functional groups attached to an aromatic ring is 1. The van der Waals surface area contributed by atoms with E-state index in [1.54, 1.807) is 24.0 Å². The molecule has 1 aromatic heterocycles. The highest BCUT2D eigenvalue weighted by Gasteiger charge is 1.98. The third-order valence-electron chi connectivity index (χ3n) is 1.79. The van der Waals surface area contributed by atoms with E-state index in [9.17, 15) is 0 Å². The summed E-state index contributed by atoms with van der Waals surface area (Å²) in [5.74, 6) is 0. The van der Waals surface area contributed by atoms with Crippen LogP contribution in [-0.2, 0) is 0 Å². The maximum absolute atomic E-state index is 5.79. The molecular formula is C11H9ClN2S. The average Bonchev–Trinajstić information content (AvgIpc) is 2.22. The van der Waals surface area contributed by atoms with Crippen LogP contribution in [0.2, 0.25) is 5.02 Å². The van der Waals surface area contributed by atoms with Gasteiger partial charge in [-0.2, -0.15) is 0 Å². The fraction of sp³-hybridized carbons (Fsp3) is 0. The minimum atomic E-state index is 0.724. The van der Waals surface area contributed by atoms with Crippen molar-refractivity contribution in [2.75, 3.05) is 5.73 Å². The lowest BCUT2D eigenvalue weighted by molar-refractivity contribution is 1.14. The van der Waals surface area contributed by atoms with Gasteiger partial charge in [-0.1, -0.05) is 23.4 Å². The molecule has 0 aliphatic heterocycles. The highest BCUT2D eigenvalue weighted by Crippen LogP contribution is 2.27. The SMILES string of the molecule is Nc1ccnc(Sc2ccc(Cl)cc2)c1. The standard InChI is InChI=1S/C11H9ClN2S/c12-8-1-3-10(4-2-8)15-11-7-9(13)5-6-14-11/h1-7H,(H2,13,14). The first-order valence-corrected chi connectivity index (χ1v) is 5.58. The van der Waals surface area contributed by atoms with Crippen molar-refractivity contribution < 1.29 is 0 Å². The van der Waals surface area contributed by atoms with Crippen LogP contribution in [0, 0.1) is 0 Å². The number of hydrogen-bond donors (Lipinski definition) is 1. The second-order valence-corrected chi connectivity index (χ2v) is 4.51. The Hall–Kier alpha value is -1.19. The zero-order valence-electron chi connectivity index (χ0n) is 7.85. The molecule has 1 aromatic carbocycles. The topological polar surface area (TPSA) is 38.9 Å². The van der Waals surface area contributed by atoms with E-state index in [1.807, 2.05) is 30.3 Å². The van der Waals surface area contributed by atoms with Gasteiger partial charge in [0.25, 0.3) is 0 Å². The molecule has 1 heterocycles. The maximum Gasteiger partial charge on any atom is 0.103 e. The Morgan fingerprint density at radius 1 is 1.13 bits per heavy atom. The number of rotatable bonds is 2. The fourth-order valence-electron chi connectivity index (χ4n) is 1.10. The summed E-state index contributed by atoms with van der Waals surface area (Å²) in [6.07, 6.45) is 1.70. The number of halogens is 1. The highest BCUT2D eigenvalue weighted by atomic mass is 35.5. The van der Waals surface area contributed by atoms with Crippen LogP contribution in [0.25, 0.3) is 0 Å². The largest absolute Gasteiger partial charge is 0.399 e. The Labute approximate surface area is 97.5 Å². The van der Waals surface area contributed by atoms with Gasteiger partial charge in [-0.15, -0.1) is 0 Å². The Bertz CT molecular complexity index is 456. The molecule has 0 spiro atoms. The zero-order valence-corrected chi connectivity index (χ0v) is 9.42. The van der Waals surface area contributed by atoms with Crippen molar-refractivity contribution in [3.8, 4) is 0 Å². The van der Waals surface area contributed by atoms with Gasteiger partial charge >= 0.3 is 0 Å². The van der Waals surface area contributed by atoms with E-state index in [-0.39, 0.29) is 0 Å².